The number of hydrogen-bond acceptors (Lipinski definition) is 5. The molecule has 2 aromatic carbocycles. The van der Waals surface area contributed by atoms with Gasteiger partial charge in [0.15, 0.2) is 23.0 Å². The van der Waals surface area contributed by atoms with Crippen LogP contribution >= 0.6 is 0 Å². The summed E-state index contributed by atoms with van der Waals surface area (Å²) in [5.74, 6) is -0.814. The van der Waals surface area contributed by atoms with E-state index in [0.717, 1.165) is 24.3 Å². The smallest absolute Gasteiger partial charge is 0.507 e. The lowest BCUT2D eigenvalue weighted by molar-refractivity contribution is -0.391. The molecule has 1 aliphatic heterocycles. The molecule has 2 aromatic heterocycles. The van der Waals surface area contributed by atoms with E-state index >= 15 is 0 Å². The van der Waals surface area contributed by atoms with Crippen molar-refractivity contribution in [2.75, 3.05) is 5.75 Å². The molecule has 0 aliphatic carbocycles. The lowest BCUT2D eigenvalue weighted by atomic mass is 10.1. The third-order valence-electron chi connectivity index (χ3n) is 5.96. The number of halogens is 7. The highest BCUT2D eigenvalue weighted by Crippen LogP contribution is 2.48. The number of ether oxygens (including phenoxy) is 2. The molecule has 202 valence electrons. The summed E-state index contributed by atoms with van der Waals surface area (Å²) in [6, 6.07) is 6.31. The Morgan fingerprint density at radius 1 is 0.895 bits per heavy atom. The largest absolute Gasteiger partial charge is 0.610 e. The zero-order chi connectivity index (χ0) is 27.8. The lowest BCUT2D eigenvalue weighted by Gasteiger charge is -2.31. The van der Waals surface area contributed by atoms with Gasteiger partial charge >= 0.3 is 18.4 Å². The van der Waals surface area contributed by atoms with Gasteiger partial charge in [-0.3, -0.25) is 4.57 Å². The monoisotopic (exact) mass is 562 g/mol. The highest BCUT2D eigenvalue weighted by atomic mass is 32.2. The zero-order valence-corrected chi connectivity index (χ0v) is 20.6. The molecule has 15 heteroatoms. The van der Waals surface area contributed by atoms with Crippen molar-refractivity contribution in [1.82, 2.24) is 19.1 Å². The topological polar surface area (TPSA) is 77.2 Å². The van der Waals surface area contributed by atoms with Crippen LogP contribution in [-0.2, 0) is 31.4 Å². The van der Waals surface area contributed by atoms with Gasteiger partial charge in [-0.1, -0.05) is 12.1 Å². The Bertz CT molecular complexity index is 1550. The SMILES string of the molecule is CC[S+]([O-])c1c(-c2nc3cc4c(cc3n2C)OC(F)(F)C(F)(F)O4)nc(-c2ccc(C(F)(F)F)cc2)n1C. The van der Waals surface area contributed by atoms with Gasteiger partial charge < -0.3 is 18.6 Å². The van der Waals surface area contributed by atoms with Gasteiger partial charge in [-0.2, -0.15) is 30.7 Å². The highest BCUT2D eigenvalue weighted by molar-refractivity contribution is 7.91. The van der Waals surface area contributed by atoms with Crippen molar-refractivity contribution in [3.63, 3.8) is 0 Å². The van der Waals surface area contributed by atoms with Gasteiger partial charge in [0.25, 0.3) is 5.03 Å². The summed E-state index contributed by atoms with van der Waals surface area (Å²) in [4.78, 5) is 8.90. The lowest BCUT2D eigenvalue weighted by Crippen LogP contribution is -2.52. The molecule has 4 aromatic rings. The molecule has 0 spiro atoms. The van der Waals surface area contributed by atoms with Crippen molar-refractivity contribution >= 4 is 22.2 Å². The molecule has 1 atom stereocenters. The van der Waals surface area contributed by atoms with E-state index in [0.29, 0.717) is 5.56 Å². The molecular formula is C23H17F7N4O3S. The highest BCUT2D eigenvalue weighted by Gasteiger charge is 2.66. The summed E-state index contributed by atoms with van der Waals surface area (Å²) in [5, 5.41) is 0.205. The third kappa shape index (κ3) is 4.04. The Labute approximate surface area is 213 Å². The van der Waals surface area contributed by atoms with Crippen molar-refractivity contribution in [1.29, 1.82) is 0 Å². The van der Waals surface area contributed by atoms with E-state index in [4.69, 9.17) is 0 Å². The summed E-state index contributed by atoms with van der Waals surface area (Å²) < 4.78 is 118. The van der Waals surface area contributed by atoms with Crippen LogP contribution in [0.15, 0.2) is 41.4 Å². The average Bonchev–Trinajstić information content (AvgIpc) is 3.33. The summed E-state index contributed by atoms with van der Waals surface area (Å²) >= 11 is -1.62. The number of imidazole rings is 2. The molecular weight excluding hydrogens is 545 g/mol. The first-order valence-electron chi connectivity index (χ1n) is 10.9. The van der Waals surface area contributed by atoms with E-state index in [1.807, 2.05) is 0 Å². The molecule has 0 amide bonds. The minimum atomic E-state index is -4.91. The van der Waals surface area contributed by atoms with Gasteiger partial charge in [0.1, 0.15) is 11.6 Å². The normalized spacial score (nSPS) is 17.1. The maximum Gasteiger partial charge on any atom is 0.507 e. The van der Waals surface area contributed by atoms with Crippen LogP contribution in [0.5, 0.6) is 11.5 Å². The first kappa shape index (κ1) is 26.2. The van der Waals surface area contributed by atoms with Crippen molar-refractivity contribution in [3.05, 3.63) is 42.0 Å². The fourth-order valence-electron chi connectivity index (χ4n) is 4.06. The van der Waals surface area contributed by atoms with E-state index in [1.54, 1.807) is 14.0 Å². The molecule has 0 saturated heterocycles. The minimum absolute atomic E-state index is 0.0702. The number of benzene rings is 2. The number of aromatic nitrogens is 4. The minimum Gasteiger partial charge on any atom is -0.610 e. The molecule has 0 saturated carbocycles. The summed E-state index contributed by atoms with van der Waals surface area (Å²) in [5.41, 5.74) is -0.176. The van der Waals surface area contributed by atoms with Crippen LogP contribution in [0.4, 0.5) is 30.7 Å². The molecule has 7 nitrogen and oxygen atoms in total. The van der Waals surface area contributed by atoms with E-state index in [-0.39, 0.29) is 39.2 Å². The average molecular weight is 562 g/mol. The van der Waals surface area contributed by atoms with Crippen LogP contribution in [0.25, 0.3) is 33.9 Å². The van der Waals surface area contributed by atoms with Gasteiger partial charge in [-0.15, -0.1) is 0 Å². The van der Waals surface area contributed by atoms with Crippen molar-refractivity contribution in [3.8, 4) is 34.4 Å². The van der Waals surface area contributed by atoms with Gasteiger partial charge in [0, 0.05) is 43.0 Å². The molecule has 38 heavy (non-hydrogen) atoms. The number of fused-ring (bicyclic) bond motifs is 2. The first-order chi connectivity index (χ1) is 17.6. The van der Waals surface area contributed by atoms with E-state index < -0.39 is 46.6 Å². The predicted octanol–water partition coefficient (Wildman–Crippen LogP) is 5.74. The predicted molar refractivity (Wildman–Crippen MR) is 121 cm³/mol. The molecule has 5 rings (SSSR count). The Morgan fingerprint density at radius 2 is 1.47 bits per heavy atom. The second-order valence-corrected chi connectivity index (χ2v) is 10.0. The number of alkyl halides is 7. The molecule has 0 radical (unpaired) electrons. The van der Waals surface area contributed by atoms with Crippen LogP contribution in [0, 0.1) is 0 Å². The maximum absolute atomic E-state index is 13.7. The maximum atomic E-state index is 13.7. The van der Waals surface area contributed by atoms with Crippen molar-refractivity contribution in [2.24, 2.45) is 14.1 Å². The fraction of sp³-hybridized carbons (Fsp3) is 0.304. The Balaban J connectivity index is 1.66. The summed E-state index contributed by atoms with van der Waals surface area (Å²) in [6.45, 7) is 1.66. The van der Waals surface area contributed by atoms with Crippen LogP contribution in [0.3, 0.4) is 0 Å². The number of rotatable bonds is 4. The van der Waals surface area contributed by atoms with Crippen molar-refractivity contribution < 1.29 is 44.8 Å². The molecule has 0 fully saturated rings. The number of nitrogens with zero attached hydrogens (tertiary/aromatic N) is 4. The van der Waals surface area contributed by atoms with E-state index in [9.17, 15) is 35.3 Å². The standard InChI is InChI=1S/C23H17F7N4O3S/c1-4-38(35)20-17(32-18(34(20)3)11-5-7-12(8-6-11)21(24,25)26)19-31-13-9-15-16(10-14(13)33(19)2)37-23(29,30)22(27,28)36-15/h5-10H,4H2,1-3H3. The second-order valence-electron chi connectivity index (χ2n) is 8.38. The number of hydrogen-bond donors (Lipinski definition) is 0. The van der Waals surface area contributed by atoms with Gasteiger partial charge in [-0.05, 0) is 19.1 Å². The second kappa shape index (κ2) is 8.53. The van der Waals surface area contributed by atoms with Crippen LogP contribution in [-0.4, -0.2) is 41.6 Å². The van der Waals surface area contributed by atoms with Crippen LogP contribution in [0.2, 0.25) is 0 Å². The third-order valence-corrected chi connectivity index (χ3v) is 7.39. The first-order valence-corrected chi connectivity index (χ1v) is 12.2. The molecule has 0 N–H and O–H groups in total. The Kier molecular flexibility index (Phi) is 5.87. The van der Waals surface area contributed by atoms with Crippen LogP contribution < -0.4 is 9.47 Å². The van der Waals surface area contributed by atoms with E-state index in [1.165, 1.54) is 28.3 Å². The zero-order valence-electron chi connectivity index (χ0n) is 19.7. The molecule has 0 bridgehead atoms. The van der Waals surface area contributed by atoms with Gasteiger partial charge in [-0.25, -0.2) is 9.97 Å². The van der Waals surface area contributed by atoms with E-state index in [2.05, 4.69) is 19.4 Å². The molecule has 1 aliphatic rings. The quantitative estimate of drug-likeness (QED) is 0.234. The number of aryl methyl sites for hydroxylation is 1. The molecule has 1 unspecified atom stereocenters. The Morgan fingerprint density at radius 3 is 2.03 bits per heavy atom. The Hall–Kier alpha value is -3.46. The van der Waals surface area contributed by atoms with Gasteiger partial charge in [0.2, 0.25) is 0 Å². The van der Waals surface area contributed by atoms with Gasteiger partial charge in [0.05, 0.1) is 16.6 Å². The fourth-order valence-corrected chi connectivity index (χ4v) is 5.08. The van der Waals surface area contributed by atoms with Crippen molar-refractivity contribution in [2.45, 2.75) is 30.3 Å². The summed E-state index contributed by atoms with van der Waals surface area (Å²) in [6.07, 6.45) is -14.3. The van der Waals surface area contributed by atoms with Crippen LogP contribution in [0.1, 0.15) is 12.5 Å². The molecule has 3 heterocycles. The summed E-state index contributed by atoms with van der Waals surface area (Å²) in [7, 11) is 3.04.